The monoisotopic (exact) mass is 219 g/mol. The van der Waals surface area contributed by atoms with Crippen LogP contribution in [0.15, 0.2) is 30.3 Å². The van der Waals surface area contributed by atoms with Gasteiger partial charge in [0, 0.05) is 5.56 Å². The molecule has 0 aliphatic rings. The first-order chi connectivity index (χ1) is 7.88. The van der Waals surface area contributed by atoms with Gasteiger partial charge in [-0.25, -0.2) is 5.10 Å². The molecule has 0 saturated heterocycles. The minimum Gasteiger partial charge on any atom is -0.330 e. The summed E-state index contributed by atoms with van der Waals surface area (Å²) < 4.78 is 0. The zero-order valence-corrected chi connectivity index (χ0v) is 9.43. The minimum absolute atomic E-state index is 0.700. The van der Waals surface area contributed by atoms with Crippen LogP contribution in [-0.4, -0.2) is 27.2 Å². The predicted molar refractivity (Wildman–Crippen MR) is 63.6 cm³/mol. The van der Waals surface area contributed by atoms with E-state index in [4.69, 9.17) is 5.73 Å². The van der Waals surface area contributed by atoms with E-state index in [9.17, 15) is 0 Å². The van der Waals surface area contributed by atoms with Crippen LogP contribution in [0.3, 0.4) is 0 Å². The number of tetrazole rings is 1. The largest absolute Gasteiger partial charge is 0.330 e. The molecule has 0 amide bonds. The number of hydrogen-bond acceptors (Lipinski definition) is 4. The highest BCUT2D eigenvalue weighted by Gasteiger charge is 1.97. The van der Waals surface area contributed by atoms with Gasteiger partial charge >= 0.3 is 0 Å². The van der Waals surface area contributed by atoms with Crippen LogP contribution in [0, 0.1) is 0 Å². The van der Waals surface area contributed by atoms with Crippen molar-refractivity contribution < 1.29 is 0 Å². The number of aromatic amines is 1. The molecule has 0 unspecified atom stereocenters. The Morgan fingerprint density at radius 1 is 1.25 bits per heavy atom. The van der Waals surface area contributed by atoms with Crippen LogP contribution in [0.25, 0.3) is 11.4 Å². The molecular weight excluding hydrogens is 202 g/mol. The number of unbranched alkanes of at least 4 members (excludes halogenated alkanes) is 1. The summed E-state index contributed by atoms with van der Waals surface area (Å²) in [6.07, 6.45) is 2.39. The summed E-state index contributed by atoms with van der Waals surface area (Å²) in [4.78, 5) is 0. The highest BCUT2D eigenvalue weighted by Crippen LogP contribution is 2.10. The standard InChI is InChI=1S/C7H6N4.C4H11N/c1-2-4-6(5-3-1)7-8-10-11-9-7;1-2-3-4-5/h1-5H,(H,8,9,10,11);2-5H2,1H3. The third kappa shape index (κ3) is 4.18. The maximum absolute atomic E-state index is 5.14. The number of H-pyrrole nitrogens is 1. The molecule has 1 aromatic carbocycles. The van der Waals surface area contributed by atoms with E-state index in [0.29, 0.717) is 5.82 Å². The molecule has 0 atom stereocenters. The first-order valence-electron chi connectivity index (χ1n) is 5.37. The fourth-order valence-electron chi connectivity index (χ4n) is 1.08. The van der Waals surface area contributed by atoms with E-state index in [-0.39, 0.29) is 0 Å². The average Bonchev–Trinajstić information content (AvgIpc) is 2.86. The Labute approximate surface area is 95.1 Å². The van der Waals surface area contributed by atoms with Gasteiger partial charge in [0.25, 0.3) is 0 Å². The second-order valence-electron chi connectivity index (χ2n) is 3.26. The fraction of sp³-hybridized carbons (Fsp3) is 0.364. The lowest BCUT2D eigenvalue weighted by Crippen LogP contribution is -1.95. The highest BCUT2D eigenvalue weighted by atomic mass is 15.5. The molecule has 3 N–H and O–H groups in total. The summed E-state index contributed by atoms with van der Waals surface area (Å²) in [6.45, 7) is 2.98. The van der Waals surface area contributed by atoms with Gasteiger partial charge in [0.15, 0.2) is 5.82 Å². The highest BCUT2D eigenvalue weighted by molar-refractivity contribution is 5.52. The number of hydrogen-bond donors (Lipinski definition) is 2. The molecule has 0 aliphatic heterocycles. The summed E-state index contributed by atoms with van der Waals surface area (Å²) in [5.41, 5.74) is 6.14. The maximum atomic E-state index is 5.14. The van der Waals surface area contributed by atoms with E-state index < -0.39 is 0 Å². The summed E-state index contributed by atoms with van der Waals surface area (Å²) in [6, 6.07) is 9.73. The van der Waals surface area contributed by atoms with Gasteiger partial charge in [0.1, 0.15) is 0 Å². The van der Waals surface area contributed by atoms with Crippen LogP contribution < -0.4 is 5.73 Å². The van der Waals surface area contributed by atoms with Crippen LogP contribution in [0.5, 0.6) is 0 Å². The van der Waals surface area contributed by atoms with Gasteiger partial charge in [-0.3, -0.25) is 0 Å². The lowest BCUT2D eigenvalue weighted by molar-refractivity contribution is 0.807. The maximum Gasteiger partial charge on any atom is 0.179 e. The number of rotatable bonds is 3. The first-order valence-corrected chi connectivity index (χ1v) is 5.37. The molecule has 0 fully saturated rings. The van der Waals surface area contributed by atoms with Gasteiger partial charge in [-0.1, -0.05) is 43.7 Å². The zero-order chi connectivity index (χ0) is 11.6. The lowest BCUT2D eigenvalue weighted by Gasteiger charge is -1.90. The molecular formula is C11H17N5. The Bertz CT molecular complexity index is 355. The molecule has 86 valence electrons. The molecule has 16 heavy (non-hydrogen) atoms. The zero-order valence-electron chi connectivity index (χ0n) is 9.43. The Balaban J connectivity index is 0.000000221. The minimum atomic E-state index is 0.700. The second-order valence-corrected chi connectivity index (χ2v) is 3.26. The quantitative estimate of drug-likeness (QED) is 0.821. The first kappa shape index (κ1) is 12.3. The summed E-state index contributed by atoms with van der Waals surface area (Å²) >= 11 is 0. The molecule has 5 nitrogen and oxygen atoms in total. The number of aromatic nitrogens is 4. The summed E-state index contributed by atoms with van der Waals surface area (Å²) in [7, 11) is 0. The van der Waals surface area contributed by atoms with Gasteiger partial charge < -0.3 is 5.73 Å². The van der Waals surface area contributed by atoms with E-state index in [2.05, 4.69) is 27.5 Å². The van der Waals surface area contributed by atoms with E-state index in [0.717, 1.165) is 12.1 Å². The van der Waals surface area contributed by atoms with Crippen LogP contribution >= 0.6 is 0 Å². The topological polar surface area (TPSA) is 80.5 Å². The Kier molecular flexibility index (Phi) is 5.80. The van der Waals surface area contributed by atoms with Crippen molar-refractivity contribution in [3.8, 4) is 11.4 Å². The van der Waals surface area contributed by atoms with Gasteiger partial charge in [0.2, 0.25) is 0 Å². The van der Waals surface area contributed by atoms with Crippen molar-refractivity contribution in [2.24, 2.45) is 5.73 Å². The predicted octanol–water partition coefficient (Wildman–Crippen LogP) is 1.61. The molecule has 0 bridgehead atoms. The van der Waals surface area contributed by atoms with Crippen LogP contribution in [0.1, 0.15) is 19.8 Å². The number of nitrogens with two attached hydrogens (primary N) is 1. The lowest BCUT2D eigenvalue weighted by atomic mass is 10.2. The van der Waals surface area contributed by atoms with Gasteiger partial charge in [-0.15, -0.1) is 5.10 Å². The van der Waals surface area contributed by atoms with E-state index in [1.807, 2.05) is 30.3 Å². The molecule has 0 aliphatic carbocycles. The Morgan fingerprint density at radius 3 is 2.44 bits per heavy atom. The molecule has 0 saturated carbocycles. The normalized spacial score (nSPS) is 9.38. The van der Waals surface area contributed by atoms with Gasteiger partial charge in [-0.05, 0) is 23.4 Å². The molecule has 1 aromatic heterocycles. The van der Waals surface area contributed by atoms with E-state index in [1.54, 1.807) is 0 Å². The smallest absolute Gasteiger partial charge is 0.179 e. The van der Waals surface area contributed by atoms with Gasteiger partial charge in [0.05, 0.1) is 0 Å². The summed E-state index contributed by atoms with van der Waals surface area (Å²) in [5.74, 6) is 0.700. The average molecular weight is 219 g/mol. The second kappa shape index (κ2) is 7.53. The van der Waals surface area contributed by atoms with Crippen molar-refractivity contribution >= 4 is 0 Å². The summed E-state index contributed by atoms with van der Waals surface area (Å²) in [5, 5.41) is 13.4. The molecule has 5 heteroatoms. The third-order valence-electron chi connectivity index (χ3n) is 1.95. The van der Waals surface area contributed by atoms with E-state index in [1.165, 1.54) is 12.8 Å². The molecule has 2 aromatic rings. The molecule has 0 radical (unpaired) electrons. The van der Waals surface area contributed by atoms with Crippen molar-refractivity contribution in [1.82, 2.24) is 20.6 Å². The number of nitrogens with one attached hydrogen (secondary N) is 1. The molecule has 2 rings (SSSR count). The number of benzene rings is 1. The van der Waals surface area contributed by atoms with Gasteiger partial charge in [-0.2, -0.15) is 0 Å². The van der Waals surface area contributed by atoms with Crippen molar-refractivity contribution in [2.45, 2.75) is 19.8 Å². The fourth-order valence-corrected chi connectivity index (χ4v) is 1.08. The van der Waals surface area contributed by atoms with Crippen LogP contribution in [0.2, 0.25) is 0 Å². The van der Waals surface area contributed by atoms with Crippen molar-refractivity contribution in [3.63, 3.8) is 0 Å². The van der Waals surface area contributed by atoms with Crippen molar-refractivity contribution in [3.05, 3.63) is 30.3 Å². The van der Waals surface area contributed by atoms with Crippen molar-refractivity contribution in [2.75, 3.05) is 6.54 Å². The van der Waals surface area contributed by atoms with E-state index >= 15 is 0 Å². The van der Waals surface area contributed by atoms with Crippen LogP contribution in [-0.2, 0) is 0 Å². The van der Waals surface area contributed by atoms with Crippen LogP contribution in [0.4, 0.5) is 0 Å². The Morgan fingerprint density at radius 2 is 2.00 bits per heavy atom. The SMILES string of the molecule is CCCCN.c1ccc(-c2nnn[nH]2)cc1. The van der Waals surface area contributed by atoms with Crippen molar-refractivity contribution in [1.29, 1.82) is 0 Å². The Hall–Kier alpha value is -1.75. The third-order valence-corrected chi connectivity index (χ3v) is 1.95. The molecule has 1 heterocycles. The number of nitrogens with zero attached hydrogens (tertiary/aromatic N) is 3. The molecule has 0 spiro atoms.